The van der Waals surface area contributed by atoms with Crippen molar-refractivity contribution in [1.29, 1.82) is 0 Å². The lowest BCUT2D eigenvalue weighted by molar-refractivity contribution is -0.134. The standard InChI is InChI=1S/C12H19NO2/c1-15-12(14)7-9-13-8-3-5-10-4-2-6-11(10)13/h7,9-11H,2-6,8H2,1H3/b9-7+. The minimum Gasteiger partial charge on any atom is -0.466 e. The maximum absolute atomic E-state index is 11.0. The molecule has 1 saturated heterocycles. The Bertz CT molecular complexity index is 262. The molecule has 1 heterocycles. The minimum atomic E-state index is -0.255. The van der Waals surface area contributed by atoms with Gasteiger partial charge in [0.15, 0.2) is 0 Å². The summed E-state index contributed by atoms with van der Waals surface area (Å²) in [5, 5.41) is 0. The van der Waals surface area contributed by atoms with Gasteiger partial charge in [-0.15, -0.1) is 0 Å². The van der Waals surface area contributed by atoms with Crippen molar-refractivity contribution in [3.05, 3.63) is 12.3 Å². The number of ether oxygens (including phenoxy) is 1. The molecule has 2 unspecified atom stereocenters. The first-order chi connectivity index (χ1) is 7.31. The number of piperidine rings is 1. The summed E-state index contributed by atoms with van der Waals surface area (Å²) in [7, 11) is 1.42. The predicted octanol–water partition coefficient (Wildman–Crippen LogP) is 1.94. The molecule has 1 saturated carbocycles. The third-order valence-corrected chi connectivity index (χ3v) is 3.64. The average Bonchev–Trinajstić information content (AvgIpc) is 2.74. The van der Waals surface area contributed by atoms with Gasteiger partial charge in [0.05, 0.1) is 7.11 Å². The van der Waals surface area contributed by atoms with Gasteiger partial charge in [0, 0.05) is 24.9 Å². The van der Waals surface area contributed by atoms with Gasteiger partial charge in [0.1, 0.15) is 0 Å². The Hall–Kier alpha value is -0.990. The Morgan fingerprint density at radius 3 is 2.93 bits per heavy atom. The molecule has 0 N–H and O–H groups in total. The van der Waals surface area contributed by atoms with Gasteiger partial charge in [-0.2, -0.15) is 0 Å². The highest BCUT2D eigenvalue weighted by Crippen LogP contribution is 2.36. The summed E-state index contributed by atoms with van der Waals surface area (Å²) in [4.78, 5) is 13.3. The molecule has 84 valence electrons. The van der Waals surface area contributed by atoms with Gasteiger partial charge in [-0.3, -0.25) is 0 Å². The second-order valence-electron chi connectivity index (χ2n) is 4.48. The zero-order valence-electron chi connectivity index (χ0n) is 9.32. The van der Waals surface area contributed by atoms with Crippen LogP contribution in [0.4, 0.5) is 0 Å². The summed E-state index contributed by atoms with van der Waals surface area (Å²) in [6.45, 7) is 1.09. The Morgan fingerprint density at radius 1 is 1.33 bits per heavy atom. The summed E-state index contributed by atoms with van der Waals surface area (Å²) in [5.74, 6) is 0.608. The smallest absolute Gasteiger partial charge is 0.331 e. The largest absolute Gasteiger partial charge is 0.466 e. The van der Waals surface area contributed by atoms with Crippen LogP contribution in [0.15, 0.2) is 12.3 Å². The number of methoxy groups -OCH3 is 1. The molecule has 2 rings (SSSR count). The van der Waals surface area contributed by atoms with Gasteiger partial charge in [0.2, 0.25) is 0 Å². The van der Waals surface area contributed by atoms with E-state index in [9.17, 15) is 4.79 Å². The molecule has 0 spiro atoms. The van der Waals surface area contributed by atoms with Gasteiger partial charge in [-0.1, -0.05) is 6.42 Å². The molecule has 0 bridgehead atoms. The highest BCUT2D eigenvalue weighted by Gasteiger charge is 2.33. The summed E-state index contributed by atoms with van der Waals surface area (Å²) < 4.78 is 4.60. The van der Waals surface area contributed by atoms with E-state index in [0.717, 1.165) is 12.5 Å². The van der Waals surface area contributed by atoms with Crippen molar-refractivity contribution >= 4 is 5.97 Å². The number of nitrogens with zero attached hydrogens (tertiary/aromatic N) is 1. The van der Waals surface area contributed by atoms with Crippen LogP contribution in [0, 0.1) is 5.92 Å². The lowest BCUT2D eigenvalue weighted by Gasteiger charge is -2.36. The monoisotopic (exact) mass is 209 g/mol. The normalized spacial score (nSPS) is 30.6. The van der Waals surface area contributed by atoms with Crippen LogP contribution in [0.5, 0.6) is 0 Å². The maximum Gasteiger partial charge on any atom is 0.331 e. The van der Waals surface area contributed by atoms with Crippen molar-refractivity contribution < 1.29 is 9.53 Å². The Morgan fingerprint density at radius 2 is 2.13 bits per heavy atom. The van der Waals surface area contributed by atoms with Crippen LogP contribution in [0.3, 0.4) is 0 Å². The second kappa shape index (κ2) is 4.69. The molecule has 0 radical (unpaired) electrons. The van der Waals surface area contributed by atoms with Crippen molar-refractivity contribution in [1.82, 2.24) is 4.90 Å². The van der Waals surface area contributed by atoms with Crippen LogP contribution < -0.4 is 0 Å². The molecular weight excluding hydrogens is 190 g/mol. The van der Waals surface area contributed by atoms with Crippen molar-refractivity contribution in [3.8, 4) is 0 Å². The van der Waals surface area contributed by atoms with Crippen LogP contribution >= 0.6 is 0 Å². The van der Waals surface area contributed by atoms with Crippen molar-refractivity contribution in [2.45, 2.75) is 38.1 Å². The number of hydrogen-bond donors (Lipinski definition) is 0. The van der Waals surface area contributed by atoms with E-state index < -0.39 is 0 Å². The SMILES string of the molecule is COC(=O)/C=C/N1CCCC2CCCC21. The van der Waals surface area contributed by atoms with E-state index in [4.69, 9.17) is 0 Å². The van der Waals surface area contributed by atoms with Crippen molar-refractivity contribution in [2.75, 3.05) is 13.7 Å². The van der Waals surface area contributed by atoms with Gasteiger partial charge in [-0.05, 0) is 31.6 Å². The average molecular weight is 209 g/mol. The Balaban J connectivity index is 1.96. The van der Waals surface area contributed by atoms with E-state index in [1.807, 2.05) is 6.20 Å². The fourth-order valence-electron chi connectivity index (χ4n) is 2.90. The maximum atomic E-state index is 11.0. The zero-order valence-corrected chi connectivity index (χ0v) is 9.32. The number of likely N-dealkylation sites (tertiary alicyclic amines) is 1. The van der Waals surface area contributed by atoms with Crippen molar-refractivity contribution in [2.24, 2.45) is 5.92 Å². The van der Waals surface area contributed by atoms with E-state index in [1.54, 1.807) is 6.08 Å². The summed E-state index contributed by atoms with van der Waals surface area (Å²) in [5.41, 5.74) is 0. The Labute approximate surface area is 91.1 Å². The first-order valence-corrected chi connectivity index (χ1v) is 5.83. The van der Waals surface area contributed by atoms with E-state index in [2.05, 4.69) is 9.64 Å². The molecule has 0 aromatic rings. The van der Waals surface area contributed by atoms with Gasteiger partial charge >= 0.3 is 5.97 Å². The second-order valence-corrected chi connectivity index (χ2v) is 4.48. The van der Waals surface area contributed by atoms with Crippen LogP contribution in [0.25, 0.3) is 0 Å². The van der Waals surface area contributed by atoms with Crippen LogP contribution in [0.1, 0.15) is 32.1 Å². The van der Waals surface area contributed by atoms with Gasteiger partial charge in [-0.25, -0.2) is 4.79 Å². The number of esters is 1. The highest BCUT2D eigenvalue weighted by molar-refractivity contribution is 5.81. The van der Waals surface area contributed by atoms with E-state index >= 15 is 0 Å². The quantitative estimate of drug-likeness (QED) is 0.514. The number of carbonyl (C=O) groups excluding carboxylic acids is 1. The molecule has 3 nitrogen and oxygen atoms in total. The number of hydrogen-bond acceptors (Lipinski definition) is 3. The van der Waals surface area contributed by atoms with Crippen LogP contribution in [0.2, 0.25) is 0 Å². The first kappa shape index (κ1) is 10.5. The summed E-state index contributed by atoms with van der Waals surface area (Å²) in [6.07, 6.45) is 10.1. The molecular formula is C12H19NO2. The number of rotatable bonds is 2. The molecule has 3 heteroatoms. The molecule has 1 aliphatic heterocycles. The first-order valence-electron chi connectivity index (χ1n) is 5.83. The zero-order chi connectivity index (χ0) is 10.7. The molecule has 0 aromatic carbocycles. The predicted molar refractivity (Wildman–Crippen MR) is 58.2 cm³/mol. The van der Waals surface area contributed by atoms with Crippen LogP contribution in [-0.4, -0.2) is 30.6 Å². The lowest BCUT2D eigenvalue weighted by Crippen LogP contribution is -2.38. The van der Waals surface area contributed by atoms with Crippen LogP contribution in [-0.2, 0) is 9.53 Å². The third-order valence-electron chi connectivity index (χ3n) is 3.64. The highest BCUT2D eigenvalue weighted by atomic mass is 16.5. The molecule has 2 aliphatic rings. The lowest BCUT2D eigenvalue weighted by atomic mass is 9.92. The van der Waals surface area contributed by atoms with Gasteiger partial charge < -0.3 is 9.64 Å². The van der Waals surface area contributed by atoms with Crippen molar-refractivity contribution in [3.63, 3.8) is 0 Å². The summed E-state index contributed by atoms with van der Waals surface area (Å²) in [6, 6.07) is 0.680. The van der Waals surface area contributed by atoms with E-state index in [-0.39, 0.29) is 5.97 Å². The fraction of sp³-hybridized carbons (Fsp3) is 0.750. The molecule has 2 fully saturated rings. The molecule has 0 aromatic heterocycles. The van der Waals surface area contributed by atoms with E-state index in [1.165, 1.54) is 39.2 Å². The fourth-order valence-corrected chi connectivity index (χ4v) is 2.90. The molecule has 15 heavy (non-hydrogen) atoms. The van der Waals surface area contributed by atoms with Gasteiger partial charge in [0.25, 0.3) is 0 Å². The third kappa shape index (κ3) is 2.33. The topological polar surface area (TPSA) is 29.5 Å². The molecule has 0 amide bonds. The Kier molecular flexibility index (Phi) is 3.29. The minimum absolute atomic E-state index is 0.255. The summed E-state index contributed by atoms with van der Waals surface area (Å²) >= 11 is 0. The van der Waals surface area contributed by atoms with E-state index in [0.29, 0.717) is 6.04 Å². The molecule has 1 aliphatic carbocycles. The number of fused-ring (bicyclic) bond motifs is 1. The molecule has 2 atom stereocenters. The number of carbonyl (C=O) groups is 1.